The molecule has 1 aliphatic rings. The molecule has 170 valence electrons. The van der Waals surface area contributed by atoms with E-state index < -0.39 is 6.10 Å². The second-order valence-corrected chi connectivity index (χ2v) is 8.34. The Bertz CT molecular complexity index is 788. The van der Waals surface area contributed by atoms with Crippen molar-refractivity contribution in [1.82, 2.24) is 25.1 Å². The second-order valence-electron chi connectivity index (χ2n) is 8.34. The number of benzene rings is 1. The molecule has 0 aliphatic carbocycles. The van der Waals surface area contributed by atoms with Crippen LogP contribution < -0.4 is 10.1 Å². The number of β-amino-alcohol motifs (C(OH)–C–C–N with tert-alkyl or cyclic N) is 1. The normalized spacial score (nSPS) is 16.4. The van der Waals surface area contributed by atoms with E-state index in [0.717, 1.165) is 80.8 Å². The number of aliphatic hydroxyl groups excluding tert-OH is 1. The van der Waals surface area contributed by atoms with Crippen LogP contribution in [0, 0.1) is 13.8 Å². The molecule has 1 atom stereocenters. The standard InChI is InChI=1S/C24H37N5O2/c1-4-28-10-12-29(13-11-28)17-22(30)18-31-23-7-5-6-21(15-23)16-25-9-8-24-26-19(2)14-20(3)27-24/h5-7,14-15,22,25,30H,4,8-13,16-18H2,1-3H3. The van der Waals surface area contributed by atoms with Gasteiger partial charge in [0.2, 0.25) is 0 Å². The van der Waals surface area contributed by atoms with Crippen LogP contribution >= 0.6 is 0 Å². The van der Waals surface area contributed by atoms with Crippen molar-refractivity contribution in [2.45, 2.75) is 39.8 Å². The summed E-state index contributed by atoms with van der Waals surface area (Å²) in [6, 6.07) is 10.0. The fourth-order valence-electron chi connectivity index (χ4n) is 3.92. The molecule has 1 saturated heterocycles. The molecule has 2 N–H and O–H groups in total. The lowest BCUT2D eigenvalue weighted by Crippen LogP contribution is -2.49. The molecule has 0 bridgehead atoms. The number of likely N-dealkylation sites (N-methyl/N-ethyl adjacent to an activating group) is 1. The monoisotopic (exact) mass is 427 g/mol. The number of piperazine rings is 1. The van der Waals surface area contributed by atoms with E-state index >= 15 is 0 Å². The van der Waals surface area contributed by atoms with Crippen LogP contribution in [0.5, 0.6) is 5.75 Å². The Morgan fingerprint density at radius 2 is 1.77 bits per heavy atom. The van der Waals surface area contributed by atoms with Gasteiger partial charge in [0.05, 0.1) is 0 Å². The maximum absolute atomic E-state index is 10.4. The lowest BCUT2D eigenvalue weighted by atomic mass is 10.2. The Balaban J connectivity index is 1.36. The average molecular weight is 428 g/mol. The zero-order chi connectivity index (χ0) is 22.1. The maximum Gasteiger partial charge on any atom is 0.130 e. The van der Waals surface area contributed by atoms with Gasteiger partial charge in [-0.15, -0.1) is 0 Å². The van der Waals surface area contributed by atoms with E-state index in [4.69, 9.17) is 4.74 Å². The summed E-state index contributed by atoms with van der Waals surface area (Å²) in [6.07, 6.45) is 0.324. The molecule has 1 aromatic carbocycles. The van der Waals surface area contributed by atoms with E-state index in [2.05, 4.69) is 38.1 Å². The molecule has 1 fully saturated rings. The summed E-state index contributed by atoms with van der Waals surface area (Å²) in [5, 5.41) is 13.8. The van der Waals surface area contributed by atoms with E-state index in [9.17, 15) is 5.11 Å². The Labute approximate surface area is 186 Å². The van der Waals surface area contributed by atoms with Crippen LogP contribution in [-0.2, 0) is 13.0 Å². The molecule has 7 heteroatoms. The van der Waals surface area contributed by atoms with Crippen molar-refractivity contribution in [3.05, 3.63) is 53.1 Å². The van der Waals surface area contributed by atoms with E-state index in [1.165, 1.54) is 0 Å². The zero-order valence-corrected chi connectivity index (χ0v) is 19.2. The molecule has 3 rings (SSSR count). The molecule has 31 heavy (non-hydrogen) atoms. The molecule has 1 unspecified atom stereocenters. The SMILES string of the molecule is CCN1CCN(CC(O)COc2cccc(CNCCc3nc(C)cc(C)n3)c2)CC1. The molecule has 2 heterocycles. The molecule has 0 saturated carbocycles. The van der Waals surface area contributed by atoms with Gasteiger partial charge < -0.3 is 20.1 Å². The number of nitrogens with one attached hydrogen (secondary N) is 1. The van der Waals surface area contributed by atoms with Crippen molar-refractivity contribution in [2.75, 3.05) is 52.4 Å². The van der Waals surface area contributed by atoms with Crippen LogP contribution in [0.3, 0.4) is 0 Å². The summed E-state index contributed by atoms with van der Waals surface area (Å²) >= 11 is 0. The van der Waals surface area contributed by atoms with Gasteiger partial charge >= 0.3 is 0 Å². The van der Waals surface area contributed by atoms with Gasteiger partial charge in [-0.25, -0.2) is 9.97 Å². The zero-order valence-electron chi connectivity index (χ0n) is 19.2. The summed E-state index contributed by atoms with van der Waals surface area (Å²) in [5.74, 6) is 1.68. The van der Waals surface area contributed by atoms with Gasteiger partial charge in [-0.05, 0) is 44.2 Å². The minimum atomic E-state index is -0.479. The number of ether oxygens (including phenoxy) is 1. The summed E-state index contributed by atoms with van der Waals surface area (Å²) in [5.41, 5.74) is 3.18. The highest BCUT2D eigenvalue weighted by molar-refractivity contribution is 5.28. The van der Waals surface area contributed by atoms with Gasteiger partial charge in [0.1, 0.15) is 24.3 Å². The van der Waals surface area contributed by atoms with Gasteiger partial charge in [-0.2, -0.15) is 0 Å². The van der Waals surface area contributed by atoms with Gasteiger partial charge in [-0.3, -0.25) is 4.90 Å². The van der Waals surface area contributed by atoms with Crippen LogP contribution in [0.4, 0.5) is 0 Å². The van der Waals surface area contributed by atoms with Crippen molar-refractivity contribution in [3.63, 3.8) is 0 Å². The van der Waals surface area contributed by atoms with Gasteiger partial charge in [0, 0.05) is 63.6 Å². The Morgan fingerprint density at radius 1 is 1.06 bits per heavy atom. The molecule has 7 nitrogen and oxygen atoms in total. The number of hydrogen-bond donors (Lipinski definition) is 2. The highest BCUT2D eigenvalue weighted by Gasteiger charge is 2.18. The second kappa shape index (κ2) is 12.1. The van der Waals surface area contributed by atoms with Gasteiger partial charge in [-0.1, -0.05) is 19.1 Å². The first-order valence-electron chi connectivity index (χ1n) is 11.4. The molecule has 1 aliphatic heterocycles. The molecule has 0 spiro atoms. The first kappa shape index (κ1) is 23.6. The third kappa shape index (κ3) is 8.18. The molecular formula is C24H37N5O2. The number of rotatable bonds is 11. The van der Waals surface area contributed by atoms with Crippen LogP contribution in [0.1, 0.15) is 29.7 Å². The largest absolute Gasteiger partial charge is 0.491 e. The number of hydrogen-bond acceptors (Lipinski definition) is 7. The summed E-state index contributed by atoms with van der Waals surface area (Å²) in [7, 11) is 0. The molecule has 2 aromatic rings. The van der Waals surface area contributed by atoms with Crippen molar-refractivity contribution in [1.29, 1.82) is 0 Å². The van der Waals surface area contributed by atoms with Crippen LogP contribution in [0.2, 0.25) is 0 Å². The van der Waals surface area contributed by atoms with Crippen LogP contribution in [-0.4, -0.2) is 83.4 Å². The average Bonchev–Trinajstić information content (AvgIpc) is 2.75. The van der Waals surface area contributed by atoms with Crippen molar-refractivity contribution >= 4 is 0 Å². The topological polar surface area (TPSA) is 73.8 Å². The van der Waals surface area contributed by atoms with Gasteiger partial charge in [0.15, 0.2) is 0 Å². The number of aliphatic hydroxyl groups is 1. The van der Waals surface area contributed by atoms with Crippen molar-refractivity contribution in [2.24, 2.45) is 0 Å². The Hall–Kier alpha value is -2.06. The molecule has 0 radical (unpaired) electrons. The minimum absolute atomic E-state index is 0.314. The Kier molecular flexibility index (Phi) is 9.21. The quantitative estimate of drug-likeness (QED) is 0.530. The third-order valence-corrected chi connectivity index (χ3v) is 5.61. The highest BCUT2D eigenvalue weighted by Crippen LogP contribution is 2.14. The van der Waals surface area contributed by atoms with Gasteiger partial charge in [0.25, 0.3) is 0 Å². The summed E-state index contributed by atoms with van der Waals surface area (Å²) < 4.78 is 5.86. The predicted molar refractivity (Wildman–Crippen MR) is 123 cm³/mol. The number of aromatic nitrogens is 2. The number of aryl methyl sites for hydroxylation is 2. The minimum Gasteiger partial charge on any atom is -0.491 e. The van der Waals surface area contributed by atoms with E-state index in [0.29, 0.717) is 13.2 Å². The first-order valence-corrected chi connectivity index (χ1v) is 11.4. The van der Waals surface area contributed by atoms with Crippen LogP contribution in [0.25, 0.3) is 0 Å². The molecule has 1 aromatic heterocycles. The molecular weight excluding hydrogens is 390 g/mol. The van der Waals surface area contributed by atoms with E-state index in [1.54, 1.807) is 0 Å². The fourth-order valence-corrected chi connectivity index (χ4v) is 3.92. The van der Waals surface area contributed by atoms with Crippen molar-refractivity contribution < 1.29 is 9.84 Å². The number of nitrogens with zero attached hydrogens (tertiary/aromatic N) is 4. The van der Waals surface area contributed by atoms with E-state index in [-0.39, 0.29) is 0 Å². The van der Waals surface area contributed by atoms with Crippen molar-refractivity contribution in [3.8, 4) is 5.75 Å². The smallest absolute Gasteiger partial charge is 0.130 e. The highest BCUT2D eigenvalue weighted by atomic mass is 16.5. The van der Waals surface area contributed by atoms with Crippen LogP contribution in [0.15, 0.2) is 30.3 Å². The lowest BCUT2D eigenvalue weighted by molar-refractivity contribution is 0.0471. The molecule has 0 amide bonds. The lowest BCUT2D eigenvalue weighted by Gasteiger charge is -2.34. The summed E-state index contributed by atoms with van der Waals surface area (Å²) in [6.45, 7) is 14.0. The van der Waals surface area contributed by atoms with E-state index in [1.807, 2.05) is 38.1 Å². The summed E-state index contributed by atoms with van der Waals surface area (Å²) in [4.78, 5) is 13.7. The Morgan fingerprint density at radius 3 is 2.48 bits per heavy atom. The first-order chi connectivity index (χ1) is 15.0. The fraction of sp³-hybridized carbons (Fsp3) is 0.583. The maximum atomic E-state index is 10.4. The third-order valence-electron chi connectivity index (χ3n) is 5.61. The predicted octanol–water partition coefficient (Wildman–Crippen LogP) is 1.80.